The number of benzene rings is 2. The SMILES string of the molecule is CCCC(CCC)c1c2n(c3cc(C(=O)NS(=O)(=O)N(C)C)ccc13)CC1(C(=O)N3CC4CCCNC4C3)CC1c1cc(OC)ccc1-2. The molecule has 3 aromatic rings. The third-order valence-electron chi connectivity index (χ3n) is 11.5. The summed E-state index contributed by atoms with van der Waals surface area (Å²) in [6, 6.07) is 12.2. The first-order valence-corrected chi connectivity index (χ1v) is 19.1. The summed E-state index contributed by atoms with van der Waals surface area (Å²) in [6.45, 7) is 7.49. The fourth-order valence-corrected chi connectivity index (χ4v) is 9.49. The Morgan fingerprint density at radius 1 is 1.10 bits per heavy atom. The molecule has 7 rings (SSSR count). The van der Waals surface area contributed by atoms with Gasteiger partial charge in [-0.1, -0.05) is 32.8 Å². The second-order valence-corrected chi connectivity index (χ2v) is 16.5. The fourth-order valence-electron chi connectivity index (χ4n) is 8.96. The Morgan fingerprint density at radius 3 is 2.56 bits per heavy atom. The molecule has 48 heavy (non-hydrogen) atoms. The monoisotopic (exact) mass is 675 g/mol. The molecule has 0 radical (unpaired) electrons. The lowest BCUT2D eigenvalue weighted by molar-refractivity contribution is -0.136. The van der Waals surface area contributed by atoms with E-state index in [9.17, 15) is 18.0 Å². The summed E-state index contributed by atoms with van der Waals surface area (Å²) in [4.78, 5) is 30.3. The molecule has 2 saturated heterocycles. The van der Waals surface area contributed by atoms with Crippen molar-refractivity contribution in [3.05, 3.63) is 53.1 Å². The molecule has 10 nitrogen and oxygen atoms in total. The molecule has 2 amide bonds. The average molecular weight is 676 g/mol. The van der Waals surface area contributed by atoms with Crippen LogP contribution in [0.1, 0.15) is 92.1 Å². The van der Waals surface area contributed by atoms with Crippen molar-refractivity contribution >= 4 is 32.9 Å². The highest BCUT2D eigenvalue weighted by Gasteiger charge is 2.64. The average Bonchev–Trinajstić information content (AvgIpc) is 3.53. The molecule has 4 aliphatic rings. The zero-order valence-corrected chi connectivity index (χ0v) is 29.7. The molecule has 1 saturated carbocycles. The van der Waals surface area contributed by atoms with Crippen LogP contribution in [0.25, 0.3) is 22.2 Å². The topological polar surface area (TPSA) is 113 Å². The quantitative estimate of drug-likeness (QED) is 0.304. The van der Waals surface area contributed by atoms with E-state index in [2.05, 4.69) is 45.5 Å². The Morgan fingerprint density at radius 2 is 1.88 bits per heavy atom. The second-order valence-electron chi connectivity index (χ2n) is 14.6. The number of nitrogens with one attached hydrogen (secondary N) is 2. The molecule has 4 heterocycles. The van der Waals surface area contributed by atoms with E-state index >= 15 is 0 Å². The van der Waals surface area contributed by atoms with Crippen molar-refractivity contribution in [1.82, 2.24) is 23.8 Å². The number of amides is 2. The van der Waals surface area contributed by atoms with Crippen LogP contribution in [0, 0.1) is 11.3 Å². The van der Waals surface area contributed by atoms with E-state index in [1.807, 2.05) is 18.2 Å². The maximum atomic E-state index is 14.8. The lowest BCUT2D eigenvalue weighted by Crippen LogP contribution is -2.42. The number of aromatic nitrogens is 1. The molecular formula is C37H49N5O5S. The van der Waals surface area contributed by atoms with Crippen LogP contribution in [0.15, 0.2) is 36.4 Å². The normalized spacial score (nSPS) is 24.6. The van der Waals surface area contributed by atoms with E-state index in [4.69, 9.17) is 4.74 Å². The Balaban J connectivity index is 1.42. The molecule has 0 bridgehead atoms. The van der Waals surface area contributed by atoms with E-state index in [0.29, 0.717) is 18.5 Å². The number of methoxy groups -OCH3 is 1. The number of ether oxygens (including phenoxy) is 1. The van der Waals surface area contributed by atoms with Crippen LogP contribution in [0.3, 0.4) is 0 Å². The van der Waals surface area contributed by atoms with Gasteiger partial charge in [0.05, 0.1) is 18.2 Å². The van der Waals surface area contributed by atoms with Crippen molar-refractivity contribution in [3.63, 3.8) is 0 Å². The van der Waals surface area contributed by atoms with Gasteiger partial charge in [0.1, 0.15) is 5.75 Å². The molecule has 11 heteroatoms. The molecule has 1 aliphatic carbocycles. The van der Waals surface area contributed by atoms with Crippen molar-refractivity contribution in [1.29, 1.82) is 0 Å². The smallest absolute Gasteiger partial charge is 0.303 e. The van der Waals surface area contributed by atoms with Gasteiger partial charge in [0.25, 0.3) is 5.91 Å². The fraction of sp³-hybridized carbons (Fsp3) is 0.568. The zero-order chi connectivity index (χ0) is 34.0. The predicted molar refractivity (Wildman–Crippen MR) is 187 cm³/mol. The van der Waals surface area contributed by atoms with Crippen LogP contribution in [0.4, 0.5) is 0 Å². The first-order valence-electron chi connectivity index (χ1n) is 17.6. The number of nitrogens with zero attached hydrogens (tertiary/aromatic N) is 3. The van der Waals surface area contributed by atoms with Gasteiger partial charge in [-0.15, -0.1) is 0 Å². The highest BCUT2D eigenvalue weighted by Crippen LogP contribution is 2.66. The van der Waals surface area contributed by atoms with Crippen molar-refractivity contribution in [3.8, 4) is 17.0 Å². The molecule has 1 aromatic heterocycles. The van der Waals surface area contributed by atoms with E-state index in [1.54, 1.807) is 13.2 Å². The highest BCUT2D eigenvalue weighted by atomic mass is 32.2. The van der Waals surface area contributed by atoms with Gasteiger partial charge in [-0.3, -0.25) is 9.59 Å². The number of piperidine rings is 1. The minimum absolute atomic E-state index is 0.0565. The molecule has 258 valence electrons. The number of fused-ring (bicyclic) bond motifs is 8. The van der Waals surface area contributed by atoms with Crippen molar-refractivity contribution in [2.24, 2.45) is 11.3 Å². The predicted octanol–water partition coefficient (Wildman–Crippen LogP) is 5.23. The maximum Gasteiger partial charge on any atom is 0.303 e. The lowest BCUT2D eigenvalue weighted by Gasteiger charge is -2.25. The van der Waals surface area contributed by atoms with E-state index in [1.165, 1.54) is 19.7 Å². The lowest BCUT2D eigenvalue weighted by atomic mass is 9.85. The summed E-state index contributed by atoms with van der Waals surface area (Å²) in [5.74, 6) is 1.16. The Labute approximate surface area is 284 Å². The summed E-state index contributed by atoms with van der Waals surface area (Å²) < 4.78 is 36.4. The van der Waals surface area contributed by atoms with Gasteiger partial charge < -0.3 is 19.5 Å². The van der Waals surface area contributed by atoms with Crippen molar-refractivity contribution in [2.45, 2.75) is 83.2 Å². The standard InChI is InChI=1S/C37H49N5O5S/c1-6-9-23(10-7-2)33-28-14-12-24(35(43)39-48(45,46)40(3)4)17-32(28)42-22-37(36(44)41-20-25-11-8-16-38-31(25)21-41)19-30(37)29-18-26(47-5)13-15-27(29)34(33)42/h12-15,17-18,23,25,30-31,38H,6-11,16,19-22H2,1-5H3,(H,39,43). The zero-order valence-electron chi connectivity index (χ0n) is 28.8. The van der Waals surface area contributed by atoms with E-state index < -0.39 is 21.5 Å². The van der Waals surface area contributed by atoms with Crippen LogP contribution >= 0.6 is 0 Å². The molecule has 4 unspecified atom stereocenters. The van der Waals surface area contributed by atoms with Crippen molar-refractivity contribution in [2.75, 3.05) is 40.8 Å². The van der Waals surface area contributed by atoms with Crippen LogP contribution in [-0.4, -0.2) is 80.9 Å². The molecule has 3 aliphatic heterocycles. The summed E-state index contributed by atoms with van der Waals surface area (Å²) in [7, 11) is 0.491. The van der Waals surface area contributed by atoms with Gasteiger partial charge in [-0.05, 0) is 91.9 Å². The minimum Gasteiger partial charge on any atom is -0.497 e. The number of carbonyl (C=O) groups excluding carboxylic acids is 2. The van der Waals surface area contributed by atoms with Crippen LogP contribution in [0.2, 0.25) is 0 Å². The summed E-state index contributed by atoms with van der Waals surface area (Å²) in [5, 5.41) is 4.72. The second kappa shape index (κ2) is 12.5. The largest absolute Gasteiger partial charge is 0.497 e. The minimum atomic E-state index is -3.97. The Hall–Kier alpha value is -3.41. The number of hydrogen-bond donors (Lipinski definition) is 2. The molecule has 4 atom stereocenters. The number of rotatable bonds is 10. The summed E-state index contributed by atoms with van der Waals surface area (Å²) >= 11 is 0. The molecule has 2 N–H and O–H groups in total. The molecule has 3 fully saturated rings. The molecule has 0 spiro atoms. The number of likely N-dealkylation sites (tertiary alicyclic amines) is 1. The van der Waals surface area contributed by atoms with Crippen molar-refractivity contribution < 1.29 is 22.7 Å². The number of hydrogen-bond acceptors (Lipinski definition) is 6. The molecule has 2 aromatic carbocycles. The van der Waals surface area contributed by atoms with Gasteiger partial charge in [-0.25, -0.2) is 4.72 Å². The van der Waals surface area contributed by atoms with Crippen LogP contribution in [0.5, 0.6) is 5.75 Å². The molecular weight excluding hydrogens is 627 g/mol. The Kier molecular flexibility index (Phi) is 8.61. The van der Waals surface area contributed by atoms with Gasteiger partial charge in [0.15, 0.2) is 0 Å². The third kappa shape index (κ3) is 5.42. The maximum absolute atomic E-state index is 14.8. The number of carbonyl (C=O) groups is 2. The van der Waals surface area contributed by atoms with Gasteiger partial charge in [-0.2, -0.15) is 12.7 Å². The summed E-state index contributed by atoms with van der Waals surface area (Å²) in [5.41, 5.74) is 5.17. The van der Waals surface area contributed by atoms with E-state index in [0.717, 1.165) is 102 Å². The van der Waals surface area contributed by atoms with Gasteiger partial charge >= 0.3 is 10.2 Å². The first-order chi connectivity index (χ1) is 23.0. The van der Waals surface area contributed by atoms with Crippen LogP contribution in [-0.2, 0) is 21.5 Å². The van der Waals surface area contributed by atoms with Gasteiger partial charge in [0, 0.05) is 67.7 Å². The Bertz CT molecular complexity index is 1850. The summed E-state index contributed by atoms with van der Waals surface area (Å²) in [6.07, 6.45) is 7.16. The third-order valence-corrected chi connectivity index (χ3v) is 12.9. The van der Waals surface area contributed by atoms with Gasteiger partial charge in [0.2, 0.25) is 5.91 Å². The van der Waals surface area contributed by atoms with E-state index in [-0.39, 0.29) is 23.3 Å². The highest BCUT2D eigenvalue weighted by molar-refractivity contribution is 7.87. The first kappa shape index (κ1) is 33.1. The van der Waals surface area contributed by atoms with Crippen LogP contribution < -0.4 is 14.8 Å².